The molecule has 1 fully saturated rings. The molecule has 1 aromatic heterocycles. The summed E-state index contributed by atoms with van der Waals surface area (Å²) in [6, 6.07) is 7.73. The van der Waals surface area contributed by atoms with E-state index in [2.05, 4.69) is 4.98 Å². The number of anilines is 1. The van der Waals surface area contributed by atoms with Gasteiger partial charge in [-0.05, 0) is 43.5 Å². The van der Waals surface area contributed by atoms with Crippen molar-refractivity contribution in [2.45, 2.75) is 36.9 Å². The molecule has 4 rings (SSSR count). The number of aliphatic carboxylic acids is 1. The van der Waals surface area contributed by atoms with Gasteiger partial charge < -0.3 is 14.6 Å². The SMILES string of the molecule is CC1CN(c2ccc(C(F)(F)F)cn2)CCN1[S+]([O-])c1cccc2c1CC(C(=O)O)C2. The maximum atomic E-state index is 13.4. The number of fused-ring (bicyclic) bond motifs is 1. The van der Waals surface area contributed by atoms with Crippen LogP contribution in [0.5, 0.6) is 0 Å². The molecule has 1 N–H and O–H groups in total. The number of nitrogens with zero attached hydrogens (tertiary/aromatic N) is 3. The van der Waals surface area contributed by atoms with Crippen LogP contribution in [0.25, 0.3) is 0 Å². The highest BCUT2D eigenvalue weighted by Crippen LogP contribution is 2.35. The number of carboxylic acid groups (broad SMARTS) is 1. The molecule has 0 bridgehead atoms. The van der Waals surface area contributed by atoms with Gasteiger partial charge in [-0.3, -0.25) is 4.79 Å². The summed E-state index contributed by atoms with van der Waals surface area (Å²) in [6.07, 6.45) is -2.78. The zero-order valence-electron chi connectivity index (χ0n) is 16.8. The fourth-order valence-corrected chi connectivity index (χ4v) is 5.73. The number of hydrogen-bond acceptors (Lipinski definition) is 5. The van der Waals surface area contributed by atoms with Crippen molar-refractivity contribution >= 4 is 23.1 Å². The van der Waals surface area contributed by atoms with Crippen LogP contribution in [0.3, 0.4) is 0 Å². The van der Waals surface area contributed by atoms with Crippen molar-refractivity contribution in [3.8, 4) is 0 Å². The molecule has 31 heavy (non-hydrogen) atoms. The Balaban J connectivity index is 1.47. The summed E-state index contributed by atoms with van der Waals surface area (Å²) < 4.78 is 53.5. The minimum atomic E-state index is -4.43. The zero-order valence-corrected chi connectivity index (χ0v) is 17.6. The van der Waals surface area contributed by atoms with Crippen LogP contribution in [-0.4, -0.2) is 50.6 Å². The van der Waals surface area contributed by atoms with Gasteiger partial charge in [0.25, 0.3) is 0 Å². The third-order valence-corrected chi connectivity index (χ3v) is 7.59. The Bertz CT molecular complexity index is 971. The fourth-order valence-electron chi connectivity index (χ4n) is 4.22. The number of carboxylic acids is 1. The van der Waals surface area contributed by atoms with Crippen molar-refractivity contribution in [1.29, 1.82) is 0 Å². The van der Waals surface area contributed by atoms with E-state index in [9.17, 15) is 27.6 Å². The summed E-state index contributed by atoms with van der Waals surface area (Å²) in [5.41, 5.74) is 0.993. The standard InChI is InChI=1S/C21H22F3N3O3S/c1-13-12-26(19-6-5-16(11-25-19)21(22,23)24)7-8-27(13)31(30)18-4-2-3-14-9-15(20(28)29)10-17(14)18/h2-6,11,13,15H,7-10,12H2,1H3,(H,28,29). The van der Waals surface area contributed by atoms with Gasteiger partial charge >= 0.3 is 12.1 Å². The maximum absolute atomic E-state index is 13.4. The molecule has 166 valence electrons. The molecule has 1 aliphatic carbocycles. The summed E-state index contributed by atoms with van der Waals surface area (Å²) in [4.78, 5) is 17.9. The molecule has 10 heteroatoms. The van der Waals surface area contributed by atoms with Crippen molar-refractivity contribution in [2.24, 2.45) is 5.92 Å². The van der Waals surface area contributed by atoms with Crippen LogP contribution in [0, 0.1) is 5.92 Å². The number of rotatable bonds is 4. The van der Waals surface area contributed by atoms with Gasteiger partial charge in [0.2, 0.25) is 0 Å². The third kappa shape index (κ3) is 4.37. The van der Waals surface area contributed by atoms with Gasteiger partial charge in [-0.25, -0.2) is 4.98 Å². The monoisotopic (exact) mass is 453 g/mol. The lowest BCUT2D eigenvalue weighted by Gasteiger charge is -2.39. The predicted molar refractivity (Wildman–Crippen MR) is 109 cm³/mol. The van der Waals surface area contributed by atoms with Crippen LogP contribution < -0.4 is 4.90 Å². The summed E-state index contributed by atoms with van der Waals surface area (Å²) in [6.45, 7) is 3.30. The number of piperazine rings is 1. The molecule has 3 atom stereocenters. The highest BCUT2D eigenvalue weighted by molar-refractivity contribution is 7.89. The highest BCUT2D eigenvalue weighted by atomic mass is 32.2. The lowest BCUT2D eigenvalue weighted by molar-refractivity contribution is -0.141. The van der Waals surface area contributed by atoms with Crippen molar-refractivity contribution in [3.05, 3.63) is 53.2 Å². The number of carbonyl (C=O) groups is 1. The van der Waals surface area contributed by atoms with Crippen molar-refractivity contribution in [1.82, 2.24) is 9.29 Å². The van der Waals surface area contributed by atoms with Crippen molar-refractivity contribution in [3.63, 3.8) is 0 Å². The molecule has 2 heterocycles. The van der Waals surface area contributed by atoms with Crippen molar-refractivity contribution in [2.75, 3.05) is 24.5 Å². The van der Waals surface area contributed by atoms with Gasteiger partial charge in [-0.1, -0.05) is 12.1 Å². The van der Waals surface area contributed by atoms with Gasteiger partial charge in [0.05, 0.1) is 35.4 Å². The van der Waals surface area contributed by atoms with Crippen LogP contribution in [0.2, 0.25) is 0 Å². The molecule has 6 nitrogen and oxygen atoms in total. The van der Waals surface area contributed by atoms with Gasteiger partial charge in [-0.2, -0.15) is 13.2 Å². The van der Waals surface area contributed by atoms with Crippen LogP contribution in [0.1, 0.15) is 23.6 Å². The first-order valence-electron chi connectivity index (χ1n) is 9.95. The molecule has 3 unspecified atom stereocenters. The molecule has 0 amide bonds. The quantitative estimate of drug-likeness (QED) is 0.717. The van der Waals surface area contributed by atoms with E-state index in [1.165, 1.54) is 6.07 Å². The Morgan fingerprint density at radius 3 is 2.61 bits per heavy atom. The fraction of sp³-hybridized carbons (Fsp3) is 0.429. The first kappa shape index (κ1) is 21.9. The highest BCUT2D eigenvalue weighted by Gasteiger charge is 2.38. The lowest BCUT2D eigenvalue weighted by Crippen LogP contribution is -2.54. The number of alkyl halides is 3. The minimum Gasteiger partial charge on any atom is -0.593 e. The summed E-state index contributed by atoms with van der Waals surface area (Å²) in [5.74, 6) is -0.887. The van der Waals surface area contributed by atoms with E-state index in [0.717, 1.165) is 23.4 Å². The smallest absolute Gasteiger partial charge is 0.417 e. The van der Waals surface area contributed by atoms with Crippen LogP contribution in [0.15, 0.2) is 41.4 Å². The number of hydrogen-bond donors (Lipinski definition) is 1. The molecule has 0 spiro atoms. The number of aromatic nitrogens is 1. The molecular formula is C21H22F3N3O3S. The third-order valence-electron chi connectivity index (χ3n) is 5.86. The molecule has 2 aliphatic rings. The maximum Gasteiger partial charge on any atom is 0.417 e. The van der Waals surface area contributed by atoms with E-state index >= 15 is 0 Å². The topological polar surface area (TPSA) is 79.7 Å². The molecule has 1 saturated heterocycles. The Kier molecular flexibility index (Phi) is 5.89. The first-order valence-corrected chi connectivity index (χ1v) is 11.1. The molecule has 1 aromatic carbocycles. The second kappa shape index (κ2) is 8.33. The van der Waals surface area contributed by atoms with Gasteiger partial charge in [0.1, 0.15) is 5.82 Å². The Morgan fingerprint density at radius 1 is 1.23 bits per heavy atom. The average molecular weight is 453 g/mol. The number of halogens is 3. The molecule has 1 aliphatic heterocycles. The van der Waals surface area contributed by atoms with E-state index in [1.54, 1.807) is 6.07 Å². The predicted octanol–water partition coefficient (Wildman–Crippen LogP) is 3.13. The Morgan fingerprint density at radius 2 is 2.00 bits per heavy atom. The van der Waals surface area contributed by atoms with Crippen molar-refractivity contribution < 1.29 is 27.6 Å². The zero-order chi connectivity index (χ0) is 22.3. The van der Waals surface area contributed by atoms with Crippen LogP contribution >= 0.6 is 0 Å². The van der Waals surface area contributed by atoms with E-state index in [4.69, 9.17) is 0 Å². The van der Waals surface area contributed by atoms with Gasteiger partial charge in [0, 0.05) is 24.8 Å². The number of benzene rings is 1. The second-order valence-corrected chi connectivity index (χ2v) is 9.33. The Hall–Kier alpha value is -2.30. The van der Waals surface area contributed by atoms with E-state index in [1.807, 2.05) is 28.3 Å². The van der Waals surface area contributed by atoms with Gasteiger partial charge in [0.15, 0.2) is 4.90 Å². The molecule has 0 radical (unpaired) electrons. The summed E-state index contributed by atoms with van der Waals surface area (Å²) in [5, 5.41) is 9.34. The molecule has 0 saturated carbocycles. The summed E-state index contributed by atoms with van der Waals surface area (Å²) >= 11 is -1.45. The molecule has 2 aromatic rings. The summed E-state index contributed by atoms with van der Waals surface area (Å²) in [7, 11) is 0. The van der Waals surface area contributed by atoms with Crippen LogP contribution in [0.4, 0.5) is 19.0 Å². The first-order chi connectivity index (χ1) is 14.6. The normalized spacial score (nSPS) is 22.9. The Labute approximate surface area is 181 Å². The second-order valence-electron chi connectivity index (χ2n) is 7.92. The van der Waals surface area contributed by atoms with E-state index in [0.29, 0.717) is 43.2 Å². The number of pyridine rings is 1. The lowest BCUT2D eigenvalue weighted by atomic mass is 10.1. The average Bonchev–Trinajstić information content (AvgIpc) is 3.17. The van der Waals surface area contributed by atoms with Gasteiger partial charge in [-0.15, -0.1) is 4.31 Å². The largest absolute Gasteiger partial charge is 0.593 e. The van der Waals surface area contributed by atoms with Crippen LogP contribution in [-0.2, 0) is 35.2 Å². The molecular weight excluding hydrogens is 431 g/mol. The van der Waals surface area contributed by atoms with E-state index in [-0.39, 0.29) is 6.04 Å². The minimum absolute atomic E-state index is 0.133. The van der Waals surface area contributed by atoms with E-state index < -0.39 is 35.0 Å².